The molecule has 9 nitrogen and oxygen atoms in total. The van der Waals surface area contributed by atoms with E-state index < -0.39 is 11.9 Å². The molecule has 3 aromatic rings. The Morgan fingerprint density at radius 2 is 1.80 bits per heavy atom. The zero-order valence-electron chi connectivity index (χ0n) is 16.2. The van der Waals surface area contributed by atoms with E-state index in [9.17, 15) is 14.4 Å². The minimum atomic E-state index is -0.636. The molecule has 3 rings (SSSR count). The van der Waals surface area contributed by atoms with Gasteiger partial charge in [-0.15, -0.1) is 4.68 Å². The van der Waals surface area contributed by atoms with Crippen molar-refractivity contribution in [2.75, 3.05) is 25.3 Å². The topological polar surface area (TPSA) is 114 Å². The molecule has 2 N–H and O–H groups in total. The summed E-state index contributed by atoms with van der Waals surface area (Å²) in [6.07, 6.45) is 1.53. The number of H-pyrrole nitrogens is 1. The lowest BCUT2D eigenvalue weighted by Crippen LogP contribution is -2.35. The smallest absolute Gasteiger partial charge is 0.385 e. The monoisotopic (exact) mass is 427 g/mol. The molecule has 1 aromatic heterocycles. The van der Waals surface area contributed by atoms with Crippen LogP contribution < -0.4 is 10.00 Å². The maximum Gasteiger partial charge on any atom is 0.385 e. The number of rotatable bonds is 7. The van der Waals surface area contributed by atoms with E-state index in [-0.39, 0.29) is 28.5 Å². The number of benzene rings is 2. The Balaban J connectivity index is 1.74. The Kier molecular flexibility index (Phi) is 6.81. The van der Waals surface area contributed by atoms with Gasteiger partial charge in [0, 0.05) is 0 Å². The number of carbonyl (C=O) groups excluding carboxylic acids is 3. The first-order valence-electron chi connectivity index (χ1n) is 8.77. The van der Waals surface area contributed by atoms with E-state index in [1.54, 1.807) is 4.68 Å². The average molecular weight is 427 g/mol. The van der Waals surface area contributed by atoms with E-state index >= 15 is 0 Å². The lowest BCUT2D eigenvalue weighted by Gasteiger charge is -2.11. The first kappa shape index (κ1) is 21.1. The summed E-state index contributed by atoms with van der Waals surface area (Å²) in [5.41, 5.74) is 1.36. The van der Waals surface area contributed by atoms with Gasteiger partial charge in [-0.2, -0.15) is 5.10 Å². The first-order valence-corrected chi connectivity index (χ1v) is 9.76. The molecular formula is C20H19N4O5S+. The van der Waals surface area contributed by atoms with Crippen LogP contribution in [-0.2, 0) is 14.3 Å². The first-order chi connectivity index (χ1) is 14.5. The van der Waals surface area contributed by atoms with Gasteiger partial charge in [0.2, 0.25) is 12.2 Å². The summed E-state index contributed by atoms with van der Waals surface area (Å²) in [6, 6.07) is 13.7. The second kappa shape index (κ2) is 9.70. The van der Waals surface area contributed by atoms with Crippen LogP contribution in [0.2, 0.25) is 0 Å². The second-order valence-corrected chi connectivity index (χ2v) is 6.86. The number of nitrogens with one attached hydrogen (secondary N) is 2. The molecule has 0 aliphatic rings. The van der Waals surface area contributed by atoms with E-state index in [2.05, 4.69) is 20.1 Å². The van der Waals surface area contributed by atoms with Crippen molar-refractivity contribution in [3.63, 3.8) is 0 Å². The number of para-hydroxylation sites is 1. The maximum absolute atomic E-state index is 12.5. The predicted octanol–water partition coefficient (Wildman–Crippen LogP) is 1.99. The van der Waals surface area contributed by atoms with Crippen molar-refractivity contribution < 1.29 is 28.5 Å². The van der Waals surface area contributed by atoms with Gasteiger partial charge in [-0.05, 0) is 47.1 Å². The Bertz CT molecular complexity index is 1070. The minimum Gasteiger partial charge on any atom is -0.465 e. The largest absolute Gasteiger partial charge is 0.465 e. The third-order valence-electron chi connectivity index (χ3n) is 4.02. The molecule has 10 heteroatoms. The van der Waals surface area contributed by atoms with E-state index in [0.717, 1.165) is 5.69 Å². The molecule has 0 saturated heterocycles. The molecule has 1 heterocycles. The summed E-state index contributed by atoms with van der Waals surface area (Å²) in [5, 5.41) is 6.24. The van der Waals surface area contributed by atoms with Crippen LogP contribution in [0.3, 0.4) is 0 Å². The number of nitrogens with zero attached hydrogens (tertiary/aromatic N) is 2. The lowest BCUT2D eigenvalue weighted by molar-refractivity contribution is -0.694. The van der Waals surface area contributed by atoms with Crippen molar-refractivity contribution in [2.45, 2.75) is 5.16 Å². The van der Waals surface area contributed by atoms with Crippen LogP contribution in [0.25, 0.3) is 5.69 Å². The van der Waals surface area contributed by atoms with Gasteiger partial charge in [0.15, 0.2) is 5.69 Å². The van der Waals surface area contributed by atoms with Gasteiger partial charge in [-0.1, -0.05) is 18.2 Å². The predicted molar refractivity (Wildman–Crippen MR) is 109 cm³/mol. The normalized spacial score (nSPS) is 10.3. The Morgan fingerprint density at radius 3 is 2.50 bits per heavy atom. The van der Waals surface area contributed by atoms with Crippen LogP contribution in [-0.4, -0.2) is 47.9 Å². The lowest BCUT2D eigenvalue weighted by atomic mass is 10.1. The van der Waals surface area contributed by atoms with E-state index in [4.69, 9.17) is 4.74 Å². The Morgan fingerprint density at radius 1 is 1.07 bits per heavy atom. The Labute approximate surface area is 176 Å². The van der Waals surface area contributed by atoms with Crippen molar-refractivity contribution in [3.05, 3.63) is 66.0 Å². The van der Waals surface area contributed by atoms with Crippen LogP contribution in [0.5, 0.6) is 0 Å². The SMILES string of the molecule is COC(=O)c1ccc(C(=O)OC)c(NC(=O)CSc2nc[nH][n+]2-c2ccccc2)c1. The fourth-order valence-electron chi connectivity index (χ4n) is 2.62. The summed E-state index contributed by atoms with van der Waals surface area (Å²) in [6.45, 7) is 0. The highest BCUT2D eigenvalue weighted by Gasteiger charge is 2.21. The Hall–Kier alpha value is -3.66. The molecule has 2 aromatic carbocycles. The summed E-state index contributed by atoms with van der Waals surface area (Å²) in [5.74, 6) is -1.57. The fourth-order valence-corrected chi connectivity index (χ4v) is 3.36. The highest BCUT2D eigenvalue weighted by molar-refractivity contribution is 7.99. The van der Waals surface area contributed by atoms with Gasteiger partial charge >= 0.3 is 17.1 Å². The van der Waals surface area contributed by atoms with Crippen LogP contribution in [0.1, 0.15) is 20.7 Å². The molecule has 154 valence electrons. The van der Waals surface area contributed by atoms with Gasteiger partial charge in [0.05, 0.1) is 36.8 Å². The summed E-state index contributed by atoms with van der Waals surface area (Å²) < 4.78 is 11.2. The highest BCUT2D eigenvalue weighted by atomic mass is 32.2. The van der Waals surface area contributed by atoms with E-state index in [0.29, 0.717) is 5.16 Å². The number of thioether (sulfide) groups is 1. The molecular weight excluding hydrogens is 408 g/mol. The maximum atomic E-state index is 12.5. The molecule has 0 aliphatic carbocycles. The zero-order chi connectivity index (χ0) is 21.5. The zero-order valence-corrected chi connectivity index (χ0v) is 17.1. The molecule has 0 atom stereocenters. The van der Waals surface area contributed by atoms with E-state index in [1.165, 1.54) is 50.5 Å². The standard InChI is InChI=1S/C20H18N4O5S/c1-28-18(26)13-8-9-15(19(27)29-2)16(10-13)23-17(25)11-30-20-21-12-22-24(20)14-6-4-3-5-7-14/h3-10,12H,11H2,1-2H3,(H,23,25,27)/p+1. The van der Waals surface area contributed by atoms with Gasteiger partial charge in [0.1, 0.15) is 0 Å². The van der Waals surface area contributed by atoms with Crippen molar-refractivity contribution in [3.8, 4) is 5.69 Å². The number of hydrogen-bond acceptors (Lipinski definition) is 7. The molecule has 0 bridgehead atoms. The fraction of sp³-hybridized carbons (Fsp3) is 0.150. The summed E-state index contributed by atoms with van der Waals surface area (Å²) in [4.78, 5) is 40.5. The summed E-state index contributed by atoms with van der Waals surface area (Å²) >= 11 is 1.21. The molecule has 0 fully saturated rings. The van der Waals surface area contributed by atoms with Gasteiger partial charge < -0.3 is 14.8 Å². The second-order valence-electron chi connectivity index (χ2n) is 5.92. The average Bonchev–Trinajstić information content (AvgIpc) is 3.26. The molecule has 0 saturated carbocycles. The third-order valence-corrected chi connectivity index (χ3v) is 4.97. The summed E-state index contributed by atoms with van der Waals surface area (Å²) in [7, 11) is 2.48. The van der Waals surface area contributed by atoms with E-state index in [1.807, 2.05) is 30.3 Å². The highest BCUT2D eigenvalue weighted by Crippen LogP contribution is 2.21. The molecule has 30 heavy (non-hydrogen) atoms. The molecule has 0 aliphatic heterocycles. The van der Waals surface area contributed by atoms with Crippen molar-refractivity contribution in [2.24, 2.45) is 0 Å². The van der Waals surface area contributed by atoms with Crippen molar-refractivity contribution in [1.29, 1.82) is 0 Å². The molecule has 0 spiro atoms. The van der Waals surface area contributed by atoms with Gasteiger partial charge in [-0.3, -0.25) is 4.79 Å². The quantitative estimate of drug-likeness (QED) is 0.337. The number of esters is 2. The number of methoxy groups -OCH3 is 2. The van der Waals surface area contributed by atoms with Gasteiger partial charge in [0.25, 0.3) is 0 Å². The molecule has 0 radical (unpaired) electrons. The van der Waals surface area contributed by atoms with Crippen LogP contribution in [0, 0.1) is 0 Å². The van der Waals surface area contributed by atoms with Crippen LogP contribution >= 0.6 is 11.8 Å². The number of ether oxygens (including phenoxy) is 2. The number of anilines is 1. The number of hydrogen-bond donors (Lipinski definition) is 2. The molecule has 0 unspecified atom stereocenters. The van der Waals surface area contributed by atoms with Crippen LogP contribution in [0.15, 0.2) is 60.0 Å². The molecule has 1 amide bonds. The number of carbonyl (C=O) groups is 3. The van der Waals surface area contributed by atoms with Crippen LogP contribution in [0.4, 0.5) is 5.69 Å². The minimum absolute atomic E-state index is 0.0285. The number of amides is 1. The van der Waals surface area contributed by atoms with Gasteiger partial charge in [-0.25, -0.2) is 9.59 Å². The number of aromatic nitrogens is 3. The third kappa shape index (κ3) is 4.84. The number of aromatic amines is 1. The van der Waals surface area contributed by atoms with Crippen molar-refractivity contribution in [1.82, 2.24) is 10.1 Å². The van der Waals surface area contributed by atoms with Crippen molar-refractivity contribution >= 4 is 35.3 Å².